The highest BCUT2D eigenvalue weighted by Crippen LogP contribution is 2.03. The number of carbonyl (C=O) groups excluding carboxylic acids is 4. The third-order valence-electron chi connectivity index (χ3n) is 3.94. The zero-order valence-corrected chi connectivity index (χ0v) is 16.5. The van der Waals surface area contributed by atoms with E-state index in [0.29, 0.717) is 0 Å². The molecule has 8 nitrogen and oxygen atoms in total. The van der Waals surface area contributed by atoms with Crippen molar-refractivity contribution >= 4 is 23.8 Å². The van der Waals surface area contributed by atoms with Crippen LogP contribution in [0, 0.1) is 0 Å². The van der Waals surface area contributed by atoms with Gasteiger partial charge in [0.15, 0.2) is 5.78 Å². The zero-order chi connectivity index (χ0) is 21.6. The van der Waals surface area contributed by atoms with Crippen LogP contribution in [0.2, 0.25) is 0 Å². The second-order valence-corrected chi connectivity index (χ2v) is 6.38. The molecule has 0 atom stereocenters. The fourth-order valence-electron chi connectivity index (χ4n) is 2.33. The fraction of sp³-hybridized carbons (Fsp3) is 0.273. The summed E-state index contributed by atoms with van der Waals surface area (Å²) in [6, 6.07) is 18.3. The Morgan fingerprint density at radius 1 is 0.667 bits per heavy atom. The lowest BCUT2D eigenvalue weighted by Gasteiger charge is -2.08. The van der Waals surface area contributed by atoms with E-state index in [0.717, 1.165) is 11.1 Å². The number of nitrogens with one attached hydrogen (secondary N) is 2. The van der Waals surface area contributed by atoms with Crippen LogP contribution in [0.3, 0.4) is 0 Å². The summed E-state index contributed by atoms with van der Waals surface area (Å²) in [7, 11) is 0. The number of esters is 1. The Hall–Kier alpha value is -3.68. The van der Waals surface area contributed by atoms with Crippen molar-refractivity contribution in [3.63, 3.8) is 0 Å². The molecule has 0 unspecified atom stereocenters. The summed E-state index contributed by atoms with van der Waals surface area (Å²) >= 11 is 0. The molecule has 0 aliphatic heterocycles. The van der Waals surface area contributed by atoms with Crippen LogP contribution >= 0.6 is 0 Å². The molecule has 0 saturated carbocycles. The molecule has 0 heterocycles. The summed E-state index contributed by atoms with van der Waals surface area (Å²) in [5.41, 5.74) is 1.68. The van der Waals surface area contributed by atoms with Crippen LogP contribution in [0.15, 0.2) is 60.7 Å². The van der Waals surface area contributed by atoms with Gasteiger partial charge in [0, 0.05) is 6.42 Å². The lowest BCUT2D eigenvalue weighted by atomic mass is 10.2. The molecule has 0 spiro atoms. The molecule has 0 aliphatic rings. The summed E-state index contributed by atoms with van der Waals surface area (Å²) in [5.74, 6) is -1.33. The highest BCUT2D eigenvalue weighted by Gasteiger charge is 2.11. The van der Waals surface area contributed by atoms with Gasteiger partial charge in [-0.05, 0) is 11.1 Å². The Balaban J connectivity index is 1.52. The maximum atomic E-state index is 11.8. The number of carbonyl (C=O) groups is 4. The number of Topliss-reactive ketones (excluding diaryl/α,β-unsaturated/α-hetero) is 1. The maximum Gasteiger partial charge on any atom is 0.407 e. The van der Waals surface area contributed by atoms with Crippen LogP contribution < -0.4 is 10.6 Å². The highest BCUT2D eigenvalue weighted by molar-refractivity contribution is 5.89. The van der Waals surface area contributed by atoms with Crippen molar-refractivity contribution in [2.24, 2.45) is 0 Å². The Morgan fingerprint density at radius 2 is 1.23 bits per heavy atom. The highest BCUT2D eigenvalue weighted by atomic mass is 16.5. The van der Waals surface area contributed by atoms with Crippen molar-refractivity contribution < 1.29 is 28.7 Å². The van der Waals surface area contributed by atoms with Crippen LogP contribution in [0.25, 0.3) is 0 Å². The van der Waals surface area contributed by atoms with Crippen molar-refractivity contribution in [1.29, 1.82) is 0 Å². The average molecular weight is 412 g/mol. The molecule has 0 fully saturated rings. The number of alkyl carbamates (subject to hydrolysis) is 1. The van der Waals surface area contributed by atoms with Gasteiger partial charge in [0.05, 0.1) is 13.0 Å². The molecule has 8 heteroatoms. The normalized spacial score (nSPS) is 10.0. The van der Waals surface area contributed by atoms with Gasteiger partial charge in [-0.25, -0.2) is 4.79 Å². The lowest BCUT2D eigenvalue weighted by molar-refractivity contribution is -0.146. The second-order valence-electron chi connectivity index (χ2n) is 6.38. The lowest BCUT2D eigenvalue weighted by Crippen LogP contribution is -2.39. The van der Waals surface area contributed by atoms with Gasteiger partial charge >= 0.3 is 12.1 Å². The van der Waals surface area contributed by atoms with E-state index in [2.05, 4.69) is 10.6 Å². The Kier molecular flexibility index (Phi) is 9.58. The van der Waals surface area contributed by atoms with E-state index in [4.69, 9.17) is 9.47 Å². The molecule has 2 amide bonds. The molecule has 0 radical (unpaired) electrons. The van der Waals surface area contributed by atoms with Crippen LogP contribution in [0.5, 0.6) is 0 Å². The van der Waals surface area contributed by atoms with E-state index >= 15 is 0 Å². The van der Waals surface area contributed by atoms with Gasteiger partial charge in [-0.1, -0.05) is 60.7 Å². The molecule has 158 valence electrons. The van der Waals surface area contributed by atoms with E-state index in [-0.39, 0.29) is 44.9 Å². The first-order valence-corrected chi connectivity index (χ1v) is 9.45. The van der Waals surface area contributed by atoms with E-state index in [1.165, 1.54) is 0 Å². The third kappa shape index (κ3) is 9.50. The van der Waals surface area contributed by atoms with E-state index in [1.807, 2.05) is 60.7 Å². The first-order chi connectivity index (χ1) is 14.5. The first-order valence-electron chi connectivity index (χ1n) is 9.45. The molecule has 2 N–H and O–H groups in total. The van der Waals surface area contributed by atoms with E-state index < -0.39 is 18.0 Å². The van der Waals surface area contributed by atoms with Crippen molar-refractivity contribution in [1.82, 2.24) is 10.6 Å². The summed E-state index contributed by atoms with van der Waals surface area (Å²) in [5, 5.41) is 4.68. The largest absolute Gasteiger partial charge is 0.461 e. The van der Waals surface area contributed by atoms with E-state index in [1.54, 1.807) is 0 Å². The molecule has 0 aliphatic carbocycles. The molecular weight excluding hydrogens is 388 g/mol. The predicted octanol–water partition coefficient (Wildman–Crippen LogP) is 2.12. The molecule has 0 aromatic heterocycles. The Bertz CT molecular complexity index is 768. The molecule has 2 aromatic rings. The molecule has 2 rings (SSSR count). The number of hydrogen-bond donors (Lipinski definition) is 2. The number of benzene rings is 2. The summed E-state index contributed by atoms with van der Waals surface area (Å²) in [4.78, 5) is 46.7. The summed E-state index contributed by atoms with van der Waals surface area (Å²) < 4.78 is 10.1. The molecule has 2 aromatic carbocycles. The number of ketones is 1. The van der Waals surface area contributed by atoms with Crippen LogP contribution in [-0.4, -0.2) is 36.8 Å². The van der Waals surface area contributed by atoms with Gasteiger partial charge in [0.25, 0.3) is 0 Å². The quantitative estimate of drug-likeness (QED) is 0.547. The van der Waals surface area contributed by atoms with Crippen LogP contribution in [0.4, 0.5) is 4.79 Å². The van der Waals surface area contributed by atoms with Gasteiger partial charge < -0.3 is 20.1 Å². The monoisotopic (exact) mass is 412 g/mol. The summed E-state index contributed by atoms with van der Waals surface area (Å²) in [6.45, 7) is -0.310. The zero-order valence-electron chi connectivity index (χ0n) is 16.5. The van der Waals surface area contributed by atoms with Crippen LogP contribution in [-0.2, 0) is 37.1 Å². The number of amides is 2. The first kappa shape index (κ1) is 22.6. The Labute approximate surface area is 174 Å². The maximum absolute atomic E-state index is 11.8. The summed E-state index contributed by atoms with van der Waals surface area (Å²) in [6.07, 6.45) is -0.840. The minimum Gasteiger partial charge on any atom is -0.461 e. The second kappa shape index (κ2) is 12.7. The van der Waals surface area contributed by atoms with Crippen molar-refractivity contribution in [2.75, 3.05) is 13.1 Å². The minimum atomic E-state index is -0.735. The minimum absolute atomic E-state index is 0.0412. The predicted molar refractivity (Wildman–Crippen MR) is 108 cm³/mol. The van der Waals surface area contributed by atoms with Crippen molar-refractivity contribution in [2.45, 2.75) is 26.1 Å². The number of ether oxygens (including phenoxy) is 2. The van der Waals surface area contributed by atoms with Gasteiger partial charge in [-0.15, -0.1) is 0 Å². The molecule has 0 saturated heterocycles. The molecule has 30 heavy (non-hydrogen) atoms. The third-order valence-corrected chi connectivity index (χ3v) is 3.94. The molecular formula is C22H24N2O6. The number of hydrogen-bond acceptors (Lipinski definition) is 6. The van der Waals surface area contributed by atoms with Gasteiger partial charge in [-0.2, -0.15) is 0 Å². The smallest absolute Gasteiger partial charge is 0.407 e. The van der Waals surface area contributed by atoms with Gasteiger partial charge in [-0.3, -0.25) is 14.4 Å². The van der Waals surface area contributed by atoms with Crippen molar-refractivity contribution in [3.8, 4) is 0 Å². The van der Waals surface area contributed by atoms with Gasteiger partial charge in [0.2, 0.25) is 5.91 Å². The SMILES string of the molecule is O=C(CCC(=O)OCc1ccccc1)CNC(=O)CNC(=O)OCc1ccccc1. The average Bonchev–Trinajstić information content (AvgIpc) is 2.78. The fourth-order valence-corrected chi connectivity index (χ4v) is 2.33. The topological polar surface area (TPSA) is 111 Å². The molecule has 0 bridgehead atoms. The Morgan fingerprint density at radius 3 is 1.83 bits per heavy atom. The standard InChI is InChI=1S/C22H24N2O6/c25-19(11-12-21(27)29-15-17-7-3-1-4-8-17)13-23-20(26)14-24-22(28)30-16-18-9-5-2-6-10-18/h1-10H,11-16H2,(H,23,26)(H,24,28). The van der Waals surface area contributed by atoms with E-state index in [9.17, 15) is 19.2 Å². The van der Waals surface area contributed by atoms with Gasteiger partial charge in [0.1, 0.15) is 19.8 Å². The van der Waals surface area contributed by atoms with Crippen molar-refractivity contribution in [3.05, 3.63) is 71.8 Å². The van der Waals surface area contributed by atoms with Crippen LogP contribution in [0.1, 0.15) is 24.0 Å². The number of rotatable bonds is 11.